The Morgan fingerprint density at radius 3 is 2.59 bits per heavy atom. The van der Waals surface area contributed by atoms with E-state index in [2.05, 4.69) is 20.9 Å². The monoisotopic (exact) mass is 416 g/mol. The minimum absolute atomic E-state index is 0.0157. The van der Waals surface area contributed by atoms with Gasteiger partial charge in [-0.15, -0.1) is 0 Å². The van der Waals surface area contributed by atoms with Gasteiger partial charge in [0.25, 0.3) is 0 Å². The summed E-state index contributed by atoms with van der Waals surface area (Å²) in [5.74, 6) is 1.14. The number of guanidine groups is 1. The maximum Gasteiger partial charge on any atom is 0.222 e. The van der Waals surface area contributed by atoms with Crippen molar-refractivity contribution >= 4 is 23.6 Å². The Bertz CT molecular complexity index is 799. The zero-order valence-electron chi connectivity index (χ0n) is 17.0. The van der Waals surface area contributed by atoms with Crippen LogP contribution in [0.1, 0.15) is 30.0 Å². The Hall–Kier alpha value is -2.54. The van der Waals surface area contributed by atoms with Crippen LogP contribution < -0.4 is 16.0 Å². The SMILES string of the molecule is CCNC(=NCc1ccc(F)cc1CSC)NCCC(=O)NCc1ccccc1. The van der Waals surface area contributed by atoms with Crippen molar-refractivity contribution in [2.24, 2.45) is 4.99 Å². The van der Waals surface area contributed by atoms with E-state index in [0.717, 1.165) is 22.4 Å². The first-order chi connectivity index (χ1) is 14.1. The number of carbonyl (C=O) groups is 1. The second-order valence-corrected chi connectivity index (χ2v) is 7.35. The van der Waals surface area contributed by atoms with Crippen LogP contribution in [-0.4, -0.2) is 31.2 Å². The molecule has 0 saturated carbocycles. The molecule has 0 aliphatic heterocycles. The first kappa shape index (κ1) is 22.7. The molecule has 3 N–H and O–H groups in total. The number of benzene rings is 2. The van der Waals surface area contributed by atoms with Gasteiger partial charge in [-0.2, -0.15) is 11.8 Å². The number of nitrogens with zero attached hydrogens (tertiary/aromatic N) is 1. The van der Waals surface area contributed by atoms with E-state index in [1.807, 2.05) is 43.5 Å². The number of rotatable bonds is 10. The van der Waals surface area contributed by atoms with E-state index >= 15 is 0 Å². The molecule has 29 heavy (non-hydrogen) atoms. The number of hydrogen-bond acceptors (Lipinski definition) is 3. The summed E-state index contributed by atoms with van der Waals surface area (Å²) in [7, 11) is 0. The molecule has 1 amide bonds. The quantitative estimate of drug-likeness (QED) is 0.410. The largest absolute Gasteiger partial charge is 0.357 e. The van der Waals surface area contributed by atoms with Crippen LogP contribution >= 0.6 is 11.8 Å². The van der Waals surface area contributed by atoms with Crippen molar-refractivity contribution in [3.05, 3.63) is 71.0 Å². The Morgan fingerprint density at radius 1 is 1.07 bits per heavy atom. The van der Waals surface area contributed by atoms with Gasteiger partial charge in [-0.05, 0) is 42.0 Å². The highest BCUT2D eigenvalue weighted by atomic mass is 32.2. The molecule has 0 spiro atoms. The van der Waals surface area contributed by atoms with Gasteiger partial charge in [0.2, 0.25) is 5.91 Å². The average Bonchev–Trinajstić information content (AvgIpc) is 2.72. The number of nitrogens with one attached hydrogen (secondary N) is 3. The topological polar surface area (TPSA) is 65.5 Å². The molecule has 0 fully saturated rings. The van der Waals surface area contributed by atoms with Gasteiger partial charge >= 0.3 is 0 Å². The Balaban J connectivity index is 1.83. The molecule has 0 aromatic heterocycles. The zero-order valence-corrected chi connectivity index (χ0v) is 17.8. The van der Waals surface area contributed by atoms with Crippen molar-refractivity contribution in [3.8, 4) is 0 Å². The summed E-state index contributed by atoms with van der Waals surface area (Å²) in [5.41, 5.74) is 3.03. The van der Waals surface area contributed by atoms with Crippen molar-refractivity contribution < 1.29 is 9.18 Å². The summed E-state index contributed by atoms with van der Waals surface area (Å²) >= 11 is 1.65. The summed E-state index contributed by atoms with van der Waals surface area (Å²) in [6, 6.07) is 14.6. The predicted octanol–water partition coefficient (Wildman–Crippen LogP) is 3.45. The highest BCUT2D eigenvalue weighted by Crippen LogP contribution is 2.17. The Labute approximate surface area is 176 Å². The van der Waals surface area contributed by atoms with Gasteiger partial charge in [-0.3, -0.25) is 4.79 Å². The Morgan fingerprint density at radius 2 is 1.86 bits per heavy atom. The number of aliphatic imine (C=N–C) groups is 1. The third-order valence-electron chi connectivity index (χ3n) is 4.20. The van der Waals surface area contributed by atoms with Crippen molar-refractivity contribution in [3.63, 3.8) is 0 Å². The van der Waals surface area contributed by atoms with Crippen molar-refractivity contribution in [1.29, 1.82) is 0 Å². The molecule has 2 rings (SSSR count). The standard InChI is InChI=1S/C22H29FN4OS/c1-3-24-22(27-15-18-9-10-20(23)13-19(18)16-29-2)25-12-11-21(28)26-14-17-7-5-4-6-8-17/h4-10,13H,3,11-12,14-16H2,1-2H3,(H,26,28)(H2,24,25,27). The van der Waals surface area contributed by atoms with E-state index < -0.39 is 0 Å². The van der Waals surface area contributed by atoms with E-state index in [1.165, 1.54) is 6.07 Å². The predicted molar refractivity (Wildman–Crippen MR) is 119 cm³/mol. The van der Waals surface area contributed by atoms with Crippen LogP contribution in [0.4, 0.5) is 4.39 Å². The summed E-state index contributed by atoms with van der Waals surface area (Å²) < 4.78 is 13.5. The van der Waals surface area contributed by atoms with Gasteiger partial charge in [0.05, 0.1) is 6.54 Å². The molecule has 156 valence electrons. The molecule has 0 radical (unpaired) electrons. The van der Waals surface area contributed by atoms with Crippen LogP contribution in [0.5, 0.6) is 0 Å². The maximum absolute atomic E-state index is 13.5. The Kier molecular flexibility index (Phi) is 10.1. The maximum atomic E-state index is 13.5. The first-order valence-electron chi connectivity index (χ1n) is 9.71. The minimum atomic E-state index is -0.228. The average molecular weight is 417 g/mol. The minimum Gasteiger partial charge on any atom is -0.357 e. The molecule has 0 saturated heterocycles. The molecule has 0 unspecified atom stereocenters. The fraction of sp³-hybridized carbons (Fsp3) is 0.364. The molecule has 2 aromatic rings. The lowest BCUT2D eigenvalue weighted by molar-refractivity contribution is -0.121. The molecule has 7 heteroatoms. The summed E-state index contributed by atoms with van der Waals surface area (Å²) in [6.45, 7) is 4.16. The molecule has 5 nitrogen and oxygen atoms in total. The van der Waals surface area contributed by atoms with Gasteiger partial charge < -0.3 is 16.0 Å². The van der Waals surface area contributed by atoms with Crippen molar-refractivity contribution in [2.75, 3.05) is 19.3 Å². The molecular formula is C22H29FN4OS. The fourth-order valence-electron chi connectivity index (χ4n) is 2.72. The smallest absolute Gasteiger partial charge is 0.222 e. The van der Waals surface area contributed by atoms with E-state index in [4.69, 9.17) is 0 Å². The molecule has 2 aromatic carbocycles. The number of hydrogen-bond donors (Lipinski definition) is 3. The first-order valence-corrected chi connectivity index (χ1v) is 11.1. The number of amides is 1. The summed E-state index contributed by atoms with van der Waals surface area (Å²) in [5, 5.41) is 9.27. The molecule has 0 aliphatic carbocycles. The van der Waals surface area contributed by atoms with Crippen LogP contribution in [-0.2, 0) is 23.6 Å². The van der Waals surface area contributed by atoms with Gasteiger partial charge in [0.15, 0.2) is 5.96 Å². The molecule has 0 heterocycles. The second kappa shape index (κ2) is 12.8. The number of carbonyl (C=O) groups excluding carboxylic acids is 1. The van der Waals surface area contributed by atoms with Crippen molar-refractivity contribution in [1.82, 2.24) is 16.0 Å². The number of thioether (sulfide) groups is 1. The molecule has 0 bridgehead atoms. The highest BCUT2D eigenvalue weighted by Gasteiger charge is 2.06. The van der Waals surface area contributed by atoms with Crippen LogP contribution in [0, 0.1) is 5.82 Å². The lowest BCUT2D eigenvalue weighted by Crippen LogP contribution is -2.39. The number of halogens is 1. The zero-order chi connectivity index (χ0) is 20.9. The lowest BCUT2D eigenvalue weighted by atomic mass is 10.1. The van der Waals surface area contributed by atoms with Crippen LogP contribution in [0.2, 0.25) is 0 Å². The third kappa shape index (κ3) is 8.56. The third-order valence-corrected chi connectivity index (χ3v) is 4.80. The van der Waals surface area contributed by atoms with Gasteiger partial charge in [-0.25, -0.2) is 9.38 Å². The summed E-state index contributed by atoms with van der Waals surface area (Å²) in [4.78, 5) is 16.6. The molecule has 0 aliphatic rings. The summed E-state index contributed by atoms with van der Waals surface area (Å²) in [6.07, 6.45) is 2.35. The molecule has 0 atom stereocenters. The van der Waals surface area contributed by atoms with E-state index in [1.54, 1.807) is 23.9 Å². The normalized spacial score (nSPS) is 11.2. The van der Waals surface area contributed by atoms with Gasteiger partial charge in [-0.1, -0.05) is 36.4 Å². The van der Waals surface area contributed by atoms with E-state index in [0.29, 0.717) is 38.6 Å². The second-order valence-electron chi connectivity index (χ2n) is 6.48. The lowest BCUT2D eigenvalue weighted by Gasteiger charge is -2.12. The van der Waals surface area contributed by atoms with E-state index in [-0.39, 0.29) is 11.7 Å². The fourth-order valence-corrected chi connectivity index (χ4v) is 3.30. The van der Waals surface area contributed by atoms with Gasteiger partial charge in [0, 0.05) is 31.8 Å². The van der Waals surface area contributed by atoms with Gasteiger partial charge in [0.1, 0.15) is 5.82 Å². The highest BCUT2D eigenvalue weighted by molar-refractivity contribution is 7.97. The van der Waals surface area contributed by atoms with E-state index in [9.17, 15) is 9.18 Å². The molecular weight excluding hydrogens is 387 g/mol. The van der Waals surface area contributed by atoms with Crippen molar-refractivity contribution in [2.45, 2.75) is 32.2 Å². The van der Waals surface area contributed by atoms with Crippen LogP contribution in [0.15, 0.2) is 53.5 Å². The van der Waals surface area contributed by atoms with Crippen LogP contribution in [0.25, 0.3) is 0 Å². The van der Waals surface area contributed by atoms with Crippen LogP contribution in [0.3, 0.4) is 0 Å².